The summed E-state index contributed by atoms with van der Waals surface area (Å²) in [5.74, 6) is 1.42. The van der Waals surface area contributed by atoms with Crippen LogP contribution < -0.4 is 4.72 Å². The van der Waals surface area contributed by atoms with Gasteiger partial charge in [-0.25, -0.2) is 8.42 Å². The fourth-order valence-corrected chi connectivity index (χ4v) is 7.03. The number of rotatable bonds is 14. The summed E-state index contributed by atoms with van der Waals surface area (Å²) in [6.07, 6.45) is 6.52. The number of amides is 1. The van der Waals surface area contributed by atoms with E-state index >= 15 is 0 Å². The van der Waals surface area contributed by atoms with Crippen LogP contribution in [0.3, 0.4) is 0 Å². The van der Waals surface area contributed by atoms with Crippen molar-refractivity contribution in [1.29, 1.82) is 0 Å². The minimum Gasteiger partial charge on any atom is -0.377 e. The number of anilines is 1. The number of hydrogen-bond donors (Lipinski definition) is 1. The lowest BCUT2D eigenvalue weighted by Gasteiger charge is -2.26. The fourth-order valence-electron chi connectivity index (χ4n) is 5.75. The summed E-state index contributed by atoms with van der Waals surface area (Å²) in [6.45, 7) is 10.6. The lowest BCUT2D eigenvalue weighted by Crippen LogP contribution is -2.40. The molecule has 0 aliphatic carbocycles. The molecule has 4 aromatic rings. The predicted octanol–water partition coefficient (Wildman–Crippen LogP) is 6.93. The average molecular weight is 644 g/mol. The summed E-state index contributed by atoms with van der Waals surface area (Å²) in [6, 6.07) is 16.4. The lowest BCUT2D eigenvalue weighted by molar-refractivity contribution is -0.132. The Bertz CT molecular complexity index is 1840. The van der Waals surface area contributed by atoms with Crippen molar-refractivity contribution in [3.63, 3.8) is 0 Å². The number of amidine groups is 1. The first kappa shape index (κ1) is 33.0. The number of unbranched alkanes of at least 4 members (excludes halogenated alkanes) is 1. The number of aryl methyl sites for hydroxylation is 1. The van der Waals surface area contributed by atoms with Gasteiger partial charge in [-0.05, 0) is 74.1 Å². The van der Waals surface area contributed by atoms with E-state index < -0.39 is 15.6 Å². The molecule has 11 heteroatoms. The second kappa shape index (κ2) is 14.0. The highest BCUT2D eigenvalue weighted by molar-refractivity contribution is 7.92. The molecule has 1 amide bonds. The van der Waals surface area contributed by atoms with Crippen molar-refractivity contribution in [2.24, 2.45) is 4.99 Å². The monoisotopic (exact) mass is 643 g/mol. The summed E-state index contributed by atoms with van der Waals surface area (Å²) >= 11 is 0. The van der Waals surface area contributed by atoms with Crippen LogP contribution in [0.25, 0.3) is 11.1 Å². The topological polar surface area (TPSA) is 127 Å². The highest BCUT2D eigenvalue weighted by Gasteiger charge is 2.48. The zero-order chi connectivity index (χ0) is 32.9. The molecule has 0 saturated carbocycles. The molecule has 0 bridgehead atoms. The molecule has 5 rings (SSSR count). The molecule has 1 N–H and O–H groups in total. The molecule has 46 heavy (non-hydrogen) atoms. The van der Waals surface area contributed by atoms with Gasteiger partial charge in [0.05, 0.1) is 18.0 Å². The number of carbonyl (C=O) groups is 1. The zero-order valence-corrected chi connectivity index (χ0v) is 27.9. The number of hydrogen-bond acceptors (Lipinski definition) is 8. The number of pyridine rings is 1. The minimum absolute atomic E-state index is 0.0522. The maximum Gasteiger partial charge on any atom is 0.263 e. The van der Waals surface area contributed by atoms with Crippen molar-refractivity contribution in [3.8, 4) is 11.1 Å². The van der Waals surface area contributed by atoms with Gasteiger partial charge in [0.25, 0.3) is 15.9 Å². The minimum atomic E-state index is -4.02. The average Bonchev–Trinajstić information content (AvgIpc) is 3.53. The number of aliphatic imine (C=N–C) groups is 1. The number of nitrogens with zero attached hydrogens (tertiary/aromatic N) is 4. The summed E-state index contributed by atoms with van der Waals surface area (Å²) < 4.78 is 40.9. The molecule has 0 unspecified atom stereocenters. The summed E-state index contributed by atoms with van der Waals surface area (Å²) in [4.78, 5) is 25.3. The first-order valence-electron chi connectivity index (χ1n) is 15.7. The highest BCUT2D eigenvalue weighted by Crippen LogP contribution is 2.39. The molecule has 1 aliphatic heterocycles. The second-order valence-electron chi connectivity index (χ2n) is 11.4. The molecule has 0 fully saturated rings. The molecular weight excluding hydrogens is 602 g/mol. The standard InChI is InChI=1S/C35H41N5O5S/c1-6-9-14-32-37-35(7-2,28-17-19-36-20-18-28)34(41)40(32)22-26-15-16-29(27(21-26)23-44-8-3)30-12-10-11-13-31(30)46(42,43)39-33-24(4)25(5)45-38-33/h10-13,15-21H,6-9,14,22-23H2,1-5H3,(H,38,39)/t35-/m0/s1. The van der Waals surface area contributed by atoms with E-state index in [2.05, 4.69) is 21.8 Å². The number of carbonyl (C=O) groups excluding carboxylic acids is 1. The molecule has 10 nitrogen and oxygen atoms in total. The maximum atomic E-state index is 14.2. The van der Waals surface area contributed by atoms with Crippen LogP contribution in [0.5, 0.6) is 0 Å². The highest BCUT2D eigenvalue weighted by atomic mass is 32.2. The Labute approximate surface area is 270 Å². The van der Waals surface area contributed by atoms with Crippen molar-refractivity contribution >= 4 is 27.6 Å². The molecule has 2 aromatic heterocycles. The van der Waals surface area contributed by atoms with Gasteiger partial charge in [0.1, 0.15) is 11.6 Å². The largest absolute Gasteiger partial charge is 0.377 e. The van der Waals surface area contributed by atoms with Crippen LogP contribution >= 0.6 is 0 Å². The van der Waals surface area contributed by atoms with Crippen LogP contribution in [-0.4, -0.2) is 41.8 Å². The number of nitrogens with one attached hydrogen (secondary N) is 1. The molecule has 0 saturated heterocycles. The van der Waals surface area contributed by atoms with Gasteiger partial charge in [-0.1, -0.05) is 61.8 Å². The molecule has 242 valence electrons. The summed E-state index contributed by atoms with van der Waals surface area (Å²) in [5.41, 5.74) is 3.42. The van der Waals surface area contributed by atoms with Crippen molar-refractivity contribution < 1.29 is 22.5 Å². The third kappa shape index (κ3) is 6.47. The van der Waals surface area contributed by atoms with Gasteiger partial charge >= 0.3 is 0 Å². The second-order valence-corrected chi connectivity index (χ2v) is 13.1. The Kier molecular flexibility index (Phi) is 10.0. The fraction of sp³-hybridized carbons (Fsp3) is 0.371. The first-order chi connectivity index (χ1) is 22.1. The van der Waals surface area contributed by atoms with Gasteiger partial charge in [-0.15, -0.1) is 0 Å². The van der Waals surface area contributed by atoms with Crippen LogP contribution in [0.4, 0.5) is 5.82 Å². The Morgan fingerprint density at radius 1 is 1.00 bits per heavy atom. The van der Waals surface area contributed by atoms with E-state index in [0.29, 0.717) is 42.9 Å². The normalized spacial score (nSPS) is 16.6. The Morgan fingerprint density at radius 2 is 1.76 bits per heavy atom. The molecule has 0 spiro atoms. The Balaban J connectivity index is 1.52. The van der Waals surface area contributed by atoms with E-state index in [-0.39, 0.29) is 23.2 Å². The van der Waals surface area contributed by atoms with Crippen LogP contribution in [0.15, 0.2) is 81.4 Å². The van der Waals surface area contributed by atoms with E-state index in [9.17, 15) is 13.2 Å². The van der Waals surface area contributed by atoms with Gasteiger partial charge in [-0.2, -0.15) is 0 Å². The van der Waals surface area contributed by atoms with Crippen molar-refractivity contribution in [2.45, 2.75) is 83.9 Å². The summed E-state index contributed by atoms with van der Waals surface area (Å²) in [7, 11) is -4.02. The van der Waals surface area contributed by atoms with E-state index in [1.165, 1.54) is 0 Å². The molecule has 3 heterocycles. The van der Waals surface area contributed by atoms with Gasteiger partial charge in [-0.3, -0.25) is 24.4 Å². The van der Waals surface area contributed by atoms with Crippen molar-refractivity contribution in [3.05, 3.63) is 95.0 Å². The van der Waals surface area contributed by atoms with E-state index in [4.69, 9.17) is 14.3 Å². The Morgan fingerprint density at radius 3 is 2.43 bits per heavy atom. The van der Waals surface area contributed by atoms with E-state index in [1.807, 2.05) is 49.1 Å². The molecule has 1 aliphatic rings. The van der Waals surface area contributed by atoms with Crippen LogP contribution in [0.2, 0.25) is 0 Å². The number of benzene rings is 2. The van der Waals surface area contributed by atoms with Gasteiger partial charge < -0.3 is 9.26 Å². The molecule has 2 aromatic carbocycles. The number of sulfonamides is 1. The van der Waals surface area contributed by atoms with Gasteiger partial charge in [0.15, 0.2) is 11.4 Å². The number of aromatic nitrogens is 2. The SMILES string of the molecule is CCCCC1=N[C@@](CC)(c2ccncc2)C(=O)N1Cc1ccc(-c2ccccc2S(=O)(=O)Nc2noc(C)c2C)c(COCC)c1. The molecule has 0 radical (unpaired) electrons. The number of ether oxygens (including phenoxy) is 1. The van der Waals surface area contributed by atoms with Crippen LogP contribution in [-0.2, 0) is 38.2 Å². The quantitative estimate of drug-likeness (QED) is 0.158. The van der Waals surface area contributed by atoms with Gasteiger partial charge in [0, 0.05) is 36.5 Å². The maximum absolute atomic E-state index is 14.2. The van der Waals surface area contributed by atoms with Crippen LogP contribution in [0.1, 0.15) is 74.5 Å². The van der Waals surface area contributed by atoms with Crippen LogP contribution in [0, 0.1) is 13.8 Å². The molecule has 1 atom stereocenters. The third-order valence-corrected chi connectivity index (χ3v) is 9.88. The predicted molar refractivity (Wildman–Crippen MR) is 178 cm³/mol. The van der Waals surface area contributed by atoms with Gasteiger partial charge in [0.2, 0.25) is 0 Å². The van der Waals surface area contributed by atoms with E-state index in [1.54, 1.807) is 50.5 Å². The smallest absolute Gasteiger partial charge is 0.263 e. The van der Waals surface area contributed by atoms with E-state index in [0.717, 1.165) is 40.9 Å². The zero-order valence-electron chi connectivity index (χ0n) is 27.0. The van der Waals surface area contributed by atoms with Crippen molar-refractivity contribution in [1.82, 2.24) is 15.0 Å². The third-order valence-electron chi connectivity index (χ3n) is 8.48. The Hall–Kier alpha value is -4.35. The summed E-state index contributed by atoms with van der Waals surface area (Å²) in [5, 5.41) is 3.88. The molecular formula is C35H41N5O5S. The van der Waals surface area contributed by atoms with Crippen molar-refractivity contribution in [2.75, 3.05) is 11.3 Å². The first-order valence-corrected chi connectivity index (χ1v) is 17.2. The lowest BCUT2D eigenvalue weighted by atomic mass is 9.88.